The van der Waals surface area contributed by atoms with Crippen LogP contribution in [0, 0.1) is 0 Å². The molecule has 0 amide bonds. The van der Waals surface area contributed by atoms with Crippen LogP contribution in [0.4, 0.5) is 0 Å². The second kappa shape index (κ2) is 11.1. The lowest BCUT2D eigenvalue weighted by Crippen LogP contribution is -1.94. The Morgan fingerprint density at radius 2 is 0.750 bits per heavy atom. The van der Waals surface area contributed by atoms with Crippen LogP contribution in [0.2, 0.25) is 0 Å². The zero-order valence-electron chi connectivity index (χ0n) is 24.1. The number of hydrogen-bond donors (Lipinski definition) is 0. The molecule has 0 aliphatic heterocycles. The molecular formula is C42H28N2. The fourth-order valence-electron chi connectivity index (χ4n) is 6.35. The van der Waals surface area contributed by atoms with E-state index in [-0.39, 0.29) is 0 Å². The molecule has 8 rings (SSSR count). The number of fused-ring (bicyclic) bond motifs is 2. The maximum Gasteiger partial charge on any atom is 0.159 e. The van der Waals surface area contributed by atoms with Gasteiger partial charge in [0.15, 0.2) is 5.82 Å². The molecule has 206 valence electrons. The van der Waals surface area contributed by atoms with Crippen LogP contribution < -0.4 is 0 Å². The highest BCUT2D eigenvalue weighted by molar-refractivity contribution is 6.22. The van der Waals surface area contributed by atoms with Crippen LogP contribution in [0.15, 0.2) is 170 Å². The summed E-state index contributed by atoms with van der Waals surface area (Å²) in [6.45, 7) is 0. The molecule has 0 aliphatic rings. The van der Waals surface area contributed by atoms with Gasteiger partial charge >= 0.3 is 0 Å². The summed E-state index contributed by atoms with van der Waals surface area (Å²) >= 11 is 0. The van der Waals surface area contributed by atoms with E-state index in [1.165, 1.54) is 43.8 Å². The van der Waals surface area contributed by atoms with Gasteiger partial charge in [0.2, 0.25) is 0 Å². The number of aromatic nitrogens is 2. The van der Waals surface area contributed by atoms with E-state index in [4.69, 9.17) is 9.97 Å². The predicted octanol–water partition coefficient (Wildman–Crippen LogP) is 11.1. The van der Waals surface area contributed by atoms with E-state index in [2.05, 4.69) is 140 Å². The molecule has 7 aromatic carbocycles. The predicted molar refractivity (Wildman–Crippen MR) is 184 cm³/mol. The molecule has 0 saturated heterocycles. The molecule has 0 bridgehead atoms. The van der Waals surface area contributed by atoms with Crippen molar-refractivity contribution in [2.75, 3.05) is 0 Å². The van der Waals surface area contributed by atoms with Gasteiger partial charge in [-0.05, 0) is 66.6 Å². The first-order chi connectivity index (χ1) is 21.8. The first-order valence-corrected chi connectivity index (χ1v) is 14.9. The highest BCUT2D eigenvalue weighted by Crippen LogP contribution is 2.45. The van der Waals surface area contributed by atoms with E-state index in [9.17, 15) is 0 Å². The molecule has 44 heavy (non-hydrogen) atoms. The Labute approximate surface area is 257 Å². The quantitative estimate of drug-likeness (QED) is 0.196. The molecule has 0 unspecified atom stereocenters. The van der Waals surface area contributed by atoms with Gasteiger partial charge in [0.1, 0.15) is 0 Å². The molecule has 0 saturated carbocycles. The van der Waals surface area contributed by atoms with Gasteiger partial charge in [-0.15, -0.1) is 0 Å². The van der Waals surface area contributed by atoms with Crippen molar-refractivity contribution in [3.05, 3.63) is 170 Å². The van der Waals surface area contributed by atoms with Crippen molar-refractivity contribution in [3.63, 3.8) is 0 Å². The number of hydrogen-bond acceptors (Lipinski definition) is 2. The van der Waals surface area contributed by atoms with Gasteiger partial charge in [-0.25, -0.2) is 9.97 Å². The van der Waals surface area contributed by atoms with Crippen molar-refractivity contribution >= 4 is 21.5 Å². The van der Waals surface area contributed by atoms with Crippen molar-refractivity contribution in [1.82, 2.24) is 9.97 Å². The van der Waals surface area contributed by atoms with Gasteiger partial charge in [-0.1, -0.05) is 152 Å². The summed E-state index contributed by atoms with van der Waals surface area (Å²) in [4.78, 5) is 9.65. The first-order valence-electron chi connectivity index (χ1n) is 14.9. The minimum atomic E-state index is 0.715. The SMILES string of the molecule is c1ccc(-c2cnc(-c3ccccc3-c3ccc4c(-c5ccccc5)c5ccccc5c(-c5ccccc5)c4c3)nc2)cc1. The maximum absolute atomic E-state index is 4.82. The smallest absolute Gasteiger partial charge is 0.159 e. The molecule has 0 N–H and O–H groups in total. The lowest BCUT2D eigenvalue weighted by Gasteiger charge is -2.19. The summed E-state index contributed by atoms with van der Waals surface area (Å²) in [6.07, 6.45) is 3.83. The number of benzene rings is 7. The van der Waals surface area contributed by atoms with Gasteiger partial charge in [0, 0.05) is 23.5 Å². The van der Waals surface area contributed by atoms with Gasteiger partial charge in [0.25, 0.3) is 0 Å². The Morgan fingerprint density at radius 1 is 0.295 bits per heavy atom. The van der Waals surface area contributed by atoms with Gasteiger partial charge in [-0.2, -0.15) is 0 Å². The van der Waals surface area contributed by atoms with E-state index in [1.54, 1.807) is 0 Å². The van der Waals surface area contributed by atoms with Gasteiger partial charge in [-0.3, -0.25) is 0 Å². The molecule has 1 heterocycles. The molecule has 0 fully saturated rings. The van der Waals surface area contributed by atoms with Crippen LogP contribution >= 0.6 is 0 Å². The lowest BCUT2D eigenvalue weighted by molar-refractivity contribution is 1.18. The second-order valence-corrected chi connectivity index (χ2v) is 11.0. The Kier molecular flexibility index (Phi) is 6.51. The summed E-state index contributed by atoms with van der Waals surface area (Å²) in [5.74, 6) is 0.715. The van der Waals surface area contributed by atoms with E-state index >= 15 is 0 Å². The van der Waals surface area contributed by atoms with Crippen molar-refractivity contribution in [2.24, 2.45) is 0 Å². The number of nitrogens with zero attached hydrogens (tertiary/aromatic N) is 2. The van der Waals surface area contributed by atoms with Crippen LogP contribution in [0.5, 0.6) is 0 Å². The molecule has 0 aliphatic carbocycles. The summed E-state index contributed by atoms with van der Waals surface area (Å²) in [7, 11) is 0. The van der Waals surface area contributed by atoms with E-state index in [1.807, 2.05) is 30.6 Å². The fourth-order valence-corrected chi connectivity index (χ4v) is 6.35. The zero-order valence-corrected chi connectivity index (χ0v) is 24.1. The topological polar surface area (TPSA) is 25.8 Å². The van der Waals surface area contributed by atoms with Crippen LogP contribution in [-0.2, 0) is 0 Å². The van der Waals surface area contributed by atoms with Crippen molar-refractivity contribution in [1.29, 1.82) is 0 Å². The molecule has 0 atom stereocenters. The molecule has 2 heteroatoms. The van der Waals surface area contributed by atoms with Crippen LogP contribution in [0.25, 0.3) is 77.4 Å². The molecule has 0 spiro atoms. The van der Waals surface area contributed by atoms with Crippen LogP contribution in [0.3, 0.4) is 0 Å². The van der Waals surface area contributed by atoms with Crippen molar-refractivity contribution in [3.8, 4) is 55.9 Å². The van der Waals surface area contributed by atoms with Crippen LogP contribution in [0.1, 0.15) is 0 Å². The third-order valence-corrected chi connectivity index (χ3v) is 8.39. The first kappa shape index (κ1) is 25.8. The minimum Gasteiger partial charge on any atom is -0.236 e. The van der Waals surface area contributed by atoms with E-state index in [0.29, 0.717) is 5.82 Å². The standard InChI is InChI=1S/C42H28N2/c1-4-14-29(15-5-1)33-27-43-42(44-28-33)38-23-13-10-20-34(38)32-24-25-37-39(26-32)41(31-18-8-3-9-19-31)36-22-12-11-21-35(36)40(37)30-16-6-2-7-17-30/h1-28H. The average Bonchev–Trinajstić information content (AvgIpc) is 3.11. The zero-order chi connectivity index (χ0) is 29.3. The molecule has 1 aromatic heterocycles. The highest BCUT2D eigenvalue weighted by Gasteiger charge is 2.18. The maximum atomic E-state index is 4.82. The molecular weight excluding hydrogens is 532 g/mol. The second-order valence-electron chi connectivity index (χ2n) is 11.0. The highest BCUT2D eigenvalue weighted by atomic mass is 14.9. The van der Waals surface area contributed by atoms with Crippen molar-refractivity contribution in [2.45, 2.75) is 0 Å². The average molecular weight is 561 g/mol. The van der Waals surface area contributed by atoms with Gasteiger partial charge < -0.3 is 0 Å². The molecule has 0 radical (unpaired) electrons. The Balaban J connectivity index is 1.37. The Hall–Kier alpha value is -5.86. The third-order valence-electron chi connectivity index (χ3n) is 8.39. The summed E-state index contributed by atoms with van der Waals surface area (Å²) in [5, 5.41) is 4.96. The van der Waals surface area contributed by atoms with Crippen molar-refractivity contribution < 1.29 is 0 Å². The normalized spacial score (nSPS) is 11.2. The largest absolute Gasteiger partial charge is 0.236 e. The minimum absolute atomic E-state index is 0.715. The van der Waals surface area contributed by atoms with E-state index in [0.717, 1.165) is 27.8 Å². The van der Waals surface area contributed by atoms with Crippen LogP contribution in [-0.4, -0.2) is 9.97 Å². The Bertz CT molecular complexity index is 2240. The molecule has 8 aromatic rings. The molecule has 2 nitrogen and oxygen atoms in total. The summed E-state index contributed by atoms with van der Waals surface area (Å²) < 4.78 is 0. The lowest BCUT2D eigenvalue weighted by atomic mass is 9.84. The van der Waals surface area contributed by atoms with E-state index < -0.39 is 0 Å². The third kappa shape index (κ3) is 4.54. The fraction of sp³-hybridized carbons (Fsp3) is 0. The summed E-state index contributed by atoms with van der Waals surface area (Å²) in [6, 6.07) is 55.9. The number of rotatable bonds is 5. The monoisotopic (exact) mass is 560 g/mol. The Morgan fingerprint density at radius 3 is 1.34 bits per heavy atom. The summed E-state index contributed by atoms with van der Waals surface area (Å²) in [5.41, 5.74) is 10.3. The van der Waals surface area contributed by atoms with Gasteiger partial charge in [0.05, 0.1) is 0 Å².